The van der Waals surface area contributed by atoms with E-state index in [4.69, 9.17) is 4.99 Å². The van der Waals surface area contributed by atoms with E-state index in [1.54, 1.807) is 11.3 Å². The first-order chi connectivity index (χ1) is 13.7. The number of nitrogens with zero attached hydrogens (tertiary/aromatic N) is 2. The van der Waals surface area contributed by atoms with Gasteiger partial charge in [-0.1, -0.05) is 55.5 Å². The number of hydrogen-bond donors (Lipinski definition) is 0. The lowest BCUT2D eigenvalue weighted by molar-refractivity contribution is 0.507. The van der Waals surface area contributed by atoms with Gasteiger partial charge < -0.3 is 0 Å². The number of aliphatic imine (C=N–C) groups is 1. The summed E-state index contributed by atoms with van der Waals surface area (Å²) in [5.41, 5.74) is 3.14. The van der Waals surface area contributed by atoms with Gasteiger partial charge in [-0.3, -0.25) is 0 Å². The summed E-state index contributed by atoms with van der Waals surface area (Å²) in [4.78, 5) is 6.20. The van der Waals surface area contributed by atoms with Gasteiger partial charge >= 0.3 is 0 Å². The van der Waals surface area contributed by atoms with Gasteiger partial charge in [0, 0.05) is 16.7 Å². The second-order valence-electron chi connectivity index (χ2n) is 7.63. The highest BCUT2D eigenvalue weighted by molar-refractivity contribution is 7.16. The van der Waals surface area contributed by atoms with Crippen molar-refractivity contribution in [3.05, 3.63) is 76.2 Å². The lowest BCUT2D eigenvalue weighted by atomic mass is 9.89. The van der Waals surface area contributed by atoms with Crippen molar-refractivity contribution in [1.82, 2.24) is 0 Å². The molecule has 3 aromatic carbocycles. The van der Waals surface area contributed by atoms with Gasteiger partial charge in [-0.25, -0.2) is 4.99 Å². The molecule has 1 atom stereocenters. The summed E-state index contributed by atoms with van der Waals surface area (Å²) in [5, 5.41) is 15.4. The first-order valence-corrected chi connectivity index (χ1v) is 10.6. The maximum atomic E-state index is 9.75. The Morgan fingerprint density at radius 2 is 1.75 bits per heavy atom. The number of nitriles is 1. The third kappa shape index (κ3) is 2.82. The number of thiophene rings is 1. The molecule has 1 unspecified atom stereocenters. The maximum Gasteiger partial charge on any atom is 0.134 e. The van der Waals surface area contributed by atoms with Gasteiger partial charge in [0.15, 0.2) is 0 Å². The zero-order chi connectivity index (χ0) is 19.1. The predicted octanol–water partition coefficient (Wildman–Crippen LogP) is 6.80. The monoisotopic (exact) mass is 380 g/mol. The van der Waals surface area contributed by atoms with Gasteiger partial charge in [0.05, 0.1) is 5.56 Å². The first-order valence-electron chi connectivity index (χ1n) is 9.74. The molecule has 0 radical (unpaired) electrons. The minimum absolute atomic E-state index is 0.691. The average Bonchev–Trinajstić information content (AvgIpc) is 3.07. The second-order valence-corrected chi connectivity index (χ2v) is 8.72. The summed E-state index contributed by atoms with van der Waals surface area (Å²) < 4.78 is 0. The zero-order valence-corrected chi connectivity index (χ0v) is 16.6. The smallest absolute Gasteiger partial charge is 0.134 e. The largest absolute Gasteiger partial charge is 0.244 e. The van der Waals surface area contributed by atoms with Crippen molar-refractivity contribution in [2.45, 2.75) is 26.2 Å². The summed E-state index contributed by atoms with van der Waals surface area (Å²) in [6.07, 6.45) is 5.20. The minimum atomic E-state index is 0.691. The molecule has 2 nitrogen and oxygen atoms in total. The Hall–Kier alpha value is -2.96. The van der Waals surface area contributed by atoms with Crippen LogP contribution in [0.15, 0.2) is 59.6 Å². The molecule has 3 heteroatoms. The van der Waals surface area contributed by atoms with Crippen molar-refractivity contribution >= 4 is 44.1 Å². The molecule has 1 aromatic heterocycles. The van der Waals surface area contributed by atoms with E-state index >= 15 is 0 Å². The molecule has 0 fully saturated rings. The standard InChI is InChI=1S/C25H20N2S/c1-16-10-11-21-22(14-26)25(28-24(21)12-16)27-15-23-19-8-4-2-6-17(19)13-18-7-3-5-9-20(18)23/h2-9,13,15-16H,10-12H2,1H3/b27-15+. The van der Waals surface area contributed by atoms with E-state index in [0.717, 1.165) is 35.4 Å². The minimum Gasteiger partial charge on any atom is -0.244 e. The third-order valence-corrected chi connectivity index (χ3v) is 6.89. The molecule has 0 amide bonds. The van der Waals surface area contributed by atoms with Crippen LogP contribution >= 0.6 is 11.3 Å². The Morgan fingerprint density at radius 3 is 2.43 bits per heavy atom. The summed E-state index contributed by atoms with van der Waals surface area (Å²) in [5.74, 6) is 0.691. The molecule has 0 saturated heterocycles. The molecule has 1 heterocycles. The van der Waals surface area contributed by atoms with Gasteiger partial charge in [0.1, 0.15) is 11.1 Å². The molecule has 136 valence electrons. The molecule has 0 saturated carbocycles. The van der Waals surface area contributed by atoms with Crippen molar-refractivity contribution in [3.63, 3.8) is 0 Å². The van der Waals surface area contributed by atoms with Crippen LogP contribution in [0.1, 0.15) is 34.9 Å². The molecule has 0 aliphatic heterocycles. The molecule has 0 spiro atoms. The Labute approximate surface area is 168 Å². The fraction of sp³-hybridized carbons (Fsp3) is 0.200. The quantitative estimate of drug-likeness (QED) is 0.278. The average molecular weight is 381 g/mol. The highest BCUT2D eigenvalue weighted by Crippen LogP contribution is 2.41. The van der Waals surface area contributed by atoms with E-state index in [1.165, 1.54) is 32.0 Å². The van der Waals surface area contributed by atoms with E-state index < -0.39 is 0 Å². The Morgan fingerprint density at radius 1 is 1.07 bits per heavy atom. The highest BCUT2D eigenvalue weighted by Gasteiger charge is 2.23. The van der Waals surface area contributed by atoms with Crippen LogP contribution in [-0.2, 0) is 12.8 Å². The SMILES string of the molecule is CC1CCc2c(sc(/N=C/c3c4ccccc4cc4ccccc34)c2C#N)C1. The normalized spacial score (nSPS) is 16.5. The number of hydrogen-bond acceptors (Lipinski definition) is 3. The van der Waals surface area contributed by atoms with Gasteiger partial charge in [-0.05, 0) is 58.4 Å². The van der Waals surface area contributed by atoms with Crippen LogP contribution < -0.4 is 0 Å². The molecular weight excluding hydrogens is 360 g/mol. The van der Waals surface area contributed by atoms with E-state index in [9.17, 15) is 5.26 Å². The third-order valence-electron chi connectivity index (χ3n) is 5.73. The van der Waals surface area contributed by atoms with Crippen LogP contribution in [0.4, 0.5) is 5.00 Å². The second kappa shape index (κ2) is 6.89. The van der Waals surface area contributed by atoms with Crippen LogP contribution in [0.2, 0.25) is 0 Å². The Balaban J connectivity index is 1.68. The van der Waals surface area contributed by atoms with Crippen molar-refractivity contribution in [1.29, 1.82) is 5.26 Å². The van der Waals surface area contributed by atoms with Crippen LogP contribution in [0, 0.1) is 17.2 Å². The number of rotatable bonds is 2. The summed E-state index contributed by atoms with van der Waals surface area (Å²) in [6, 6.07) is 21.5. The fourth-order valence-electron chi connectivity index (χ4n) is 4.25. The summed E-state index contributed by atoms with van der Waals surface area (Å²) >= 11 is 1.70. The van der Waals surface area contributed by atoms with Crippen LogP contribution in [-0.4, -0.2) is 6.21 Å². The molecule has 1 aliphatic carbocycles. The van der Waals surface area contributed by atoms with E-state index in [1.807, 2.05) is 6.21 Å². The number of benzene rings is 3. The highest BCUT2D eigenvalue weighted by atomic mass is 32.1. The summed E-state index contributed by atoms with van der Waals surface area (Å²) in [6.45, 7) is 2.29. The Bertz CT molecular complexity index is 1220. The zero-order valence-electron chi connectivity index (χ0n) is 15.8. The molecule has 28 heavy (non-hydrogen) atoms. The van der Waals surface area contributed by atoms with Crippen LogP contribution in [0.5, 0.6) is 0 Å². The van der Waals surface area contributed by atoms with E-state index in [0.29, 0.717) is 5.92 Å². The predicted molar refractivity (Wildman–Crippen MR) is 119 cm³/mol. The topological polar surface area (TPSA) is 36.1 Å². The molecule has 4 aromatic rings. The van der Waals surface area contributed by atoms with E-state index in [2.05, 4.69) is 67.6 Å². The lowest BCUT2D eigenvalue weighted by Gasteiger charge is -2.17. The van der Waals surface area contributed by atoms with Crippen LogP contribution in [0.25, 0.3) is 21.5 Å². The maximum absolute atomic E-state index is 9.75. The van der Waals surface area contributed by atoms with E-state index in [-0.39, 0.29) is 0 Å². The summed E-state index contributed by atoms with van der Waals surface area (Å²) in [7, 11) is 0. The fourth-order valence-corrected chi connectivity index (χ4v) is 5.56. The molecule has 1 aliphatic rings. The first kappa shape index (κ1) is 17.2. The van der Waals surface area contributed by atoms with Gasteiger partial charge in [0.2, 0.25) is 0 Å². The van der Waals surface area contributed by atoms with Crippen molar-refractivity contribution < 1.29 is 0 Å². The van der Waals surface area contributed by atoms with Crippen molar-refractivity contribution in [2.24, 2.45) is 10.9 Å². The van der Waals surface area contributed by atoms with Crippen molar-refractivity contribution in [3.8, 4) is 6.07 Å². The number of fused-ring (bicyclic) bond motifs is 3. The van der Waals surface area contributed by atoms with Gasteiger partial charge in [0.25, 0.3) is 0 Å². The van der Waals surface area contributed by atoms with Gasteiger partial charge in [-0.15, -0.1) is 11.3 Å². The molecule has 5 rings (SSSR count). The Kier molecular flexibility index (Phi) is 4.22. The molecule has 0 N–H and O–H groups in total. The van der Waals surface area contributed by atoms with Crippen molar-refractivity contribution in [2.75, 3.05) is 0 Å². The molecule has 0 bridgehead atoms. The van der Waals surface area contributed by atoms with Crippen LogP contribution in [0.3, 0.4) is 0 Å². The molecular formula is C25H20N2S. The van der Waals surface area contributed by atoms with Gasteiger partial charge in [-0.2, -0.15) is 5.26 Å². The lowest BCUT2D eigenvalue weighted by Crippen LogP contribution is -2.09.